The maximum Gasteiger partial charge on any atom is 0.303 e. The Labute approximate surface area is 165 Å². The number of aliphatic carboxylic acids is 1. The van der Waals surface area contributed by atoms with E-state index in [-0.39, 0.29) is 31.1 Å². The number of benzene rings is 1. The van der Waals surface area contributed by atoms with Crippen molar-refractivity contribution in [3.8, 4) is 5.75 Å². The van der Waals surface area contributed by atoms with Crippen molar-refractivity contribution in [1.82, 2.24) is 0 Å². The van der Waals surface area contributed by atoms with Gasteiger partial charge in [0.15, 0.2) is 0 Å². The quantitative estimate of drug-likeness (QED) is 0.398. The molecule has 28 heavy (non-hydrogen) atoms. The number of hydrogen-bond donors (Lipinski definition) is 3. The molecule has 2 rings (SSSR count). The van der Waals surface area contributed by atoms with Crippen LogP contribution in [0, 0.1) is 11.8 Å². The number of aliphatic hydroxyl groups excluding tert-OH is 2. The number of ketones is 1. The Bertz CT molecular complexity index is 682. The molecule has 1 fully saturated rings. The summed E-state index contributed by atoms with van der Waals surface area (Å²) in [6, 6.07) is 9.16. The zero-order chi connectivity index (χ0) is 20.4. The van der Waals surface area contributed by atoms with Crippen LogP contribution in [0.3, 0.4) is 0 Å². The molecule has 0 bridgehead atoms. The summed E-state index contributed by atoms with van der Waals surface area (Å²) in [4.78, 5) is 22.7. The van der Waals surface area contributed by atoms with Crippen molar-refractivity contribution in [3.63, 3.8) is 0 Å². The third-order valence-corrected chi connectivity index (χ3v) is 4.78. The standard InChI is InChI=1S/C22H28O6/c23-16(15-28-17-8-4-3-5-9-17)12-13-19-18(20(24)14-21(19)25)10-6-1-2-7-11-22(26)27/h1,3-6,8-9,12-13,16,18-20,23-24H,2,7,10-11,14-15H2,(H,26,27)/b6-1-,13-12+/t16-,18+,19+,20+/m0/s1. The third kappa shape index (κ3) is 7.29. The molecule has 0 radical (unpaired) electrons. The number of carbonyl (C=O) groups excluding carboxylic acids is 1. The molecule has 6 heteroatoms. The first-order chi connectivity index (χ1) is 13.5. The van der Waals surface area contributed by atoms with Gasteiger partial charge in [-0.1, -0.05) is 42.5 Å². The average molecular weight is 388 g/mol. The summed E-state index contributed by atoms with van der Waals surface area (Å²) >= 11 is 0. The summed E-state index contributed by atoms with van der Waals surface area (Å²) in [7, 11) is 0. The van der Waals surface area contributed by atoms with Gasteiger partial charge in [-0.25, -0.2) is 0 Å². The van der Waals surface area contributed by atoms with Crippen LogP contribution in [-0.2, 0) is 9.59 Å². The smallest absolute Gasteiger partial charge is 0.303 e. The van der Waals surface area contributed by atoms with Crippen LogP contribution in [0.2, 0.25) is 0 Å². The normalized spacial score (nSPS) is 23.5. The number of carbonyl (C=O) groups is 2. The minimum atomic E-state index is -0.849. The molecule has 1 aliphatic rings. The molecule has 1 aliphatic carbocycles. The topological polar surface area (TPSA) is 104 Å². The first-order valence-electron chi connectivity index (χ1n) is 9.59. The molecule has 3 N–H and O–H groups in total. The second kappa shape index (κ2) is 11.4. The molecular weight excluding hydrogens is 360 g/mol. The van der Waals surface area contributed by atoms with Crippen LogP contribution in [0.25, 0.3) is 0 Å². The Morgan fingerprint density at radius 2 is 2.00 bits per heavy atom. The second-order valence-corrected chi connectivity index (χ2v) is 7.00. The highest BCUT2D eigenvalue weighted by molar-refractivity contribution is 5.86. The molecule has 0 spiro atoms. The van der Waals surface area contributed by atoms with E-state index < -0.39 is 24.1 Å². The maximum absolute atomic E-state index is 12.2. The lowest BCUT2D eigenvalue weighted by Gasteiger charge is -2.17. The lowest BCUT2D eigenvalue weighted by atomic mass is 9.90. The molecular formula is C22H28O6. The van der Waals surface area contributed by atoms with Gasteiger partial charge >= 0.3 is 5.97 Å². The second-order valence-electron chi connectivity index (χ2n) is 7.00. The van der Waals surface area contributed by atoms with Crippen molar-refractivity contribution in [3.05, 3.63) is 54.6 Å². The number of hydrogen-bond acceptors (Lipinski definition) is 5. The van der Waals surface area contributed by atoms with Crippen LogP contribution in [0.15, 0.2) is 54.6 Å². The predicted molar refractivity (Wildman–Crippen MR) is 105 cm³/mol. The summed E-state index contributed by atoms with van der Waals surface area (Å²) in [5.74, 6) is -0.866. The minimum absolute atomic E-state index is 0.0378. The van der Waals surface area contributed by atoms with Crippen molar-refractivity contribution in [2.24, 2.45) is 11.8 Å². The van der Waals surface area contributed by atoms with E-state index in [1.54, 1.807) is 24.3 Å². The van der Waals surface area contributed by atoms with E-state index in [1.165, 1.54) is 0 Å². The fourth-order valence-electron chi connectivity index (χ4n) is 3.27. The van der Waals surface area contributed by atoms with Gasteiger partial charge in [0.2, 0.25) is 0 Å². The lowest BCUT2D eigenvalue weighted by Crippen LogP contribution is -2.20. The minimum Gasteiger partial charge on any atom is -0.491 e. The van der Waals surface area contributed by atoms with Gasteiger partial charge in [-0.3, -0.25) is 9.59 Å². The van der Waals surface area contributed by atoms with E-state index in [4.69, 9.17) is 9.84 Å². The van der Waals surface area contributed by atoms with Gasteiger partial charge in [0.05, 0.1) is 6.10 Å². The number of rotatable bonds is 11. The van der Waals surface area contributed by atoms with E-state index in [0.29, 0.717) is 25.0 Å². The predicted octanol–water partition coefficient (Wildman–Crippen LogP) is 2.75. The van der Waals surface area contributed by atoms with Crippen LogP contribution >= 0.6 is 0 Å². The highest BCUT2D eigenvalue weighted by Crippen LogP contribution is 2.33. The number of unbranched alkanes of at least 4 members (excludes halogenated alkanes) is 1. The van der Waals surface area contributed by atoms with E-state index in [0.717, 1.165) is 0 Å². The van der Waals surface area contributed by atoms with Crippen LogP contribution in [0.1, 0.15) is 32.1 Å². The van der Waals surface area contributed by atoms with Gasteiger partial charge in [-0.2, -0.15) is 0 Å². The van der Waals surface area contributed by atoms with Gasteiger partial charge < -0.3 is 20.1 Å². The van der Waals surface area contributed by atoms with Crippen LogP contribution in [-0.4, -0.2) is 45.9 Å². The van der Waals surface area contributed by atoms with Gasteiger partial charge in [0.25, 0.3) is 0 Å². The fourth-order valence-corrected chi connectivity index (χ4v) is 3.27. The molecule has 0 heterocycles. The summed E-state index contributed by atoms with van der Waals surface area (Å²) in [6.07, 6.45) is 7.44. The summed E-state index contributed by atoms with van der Waals surface area (Å²) in [5, 5.41) is 28.9. The molecule has 1 aromatic rings. The highest BCUT2D eigenvalue weighted by atomic mass is 16.5. The Kier molecular flexibility index (Phi) is 8.91. The van der Waals surface area contributed by atoms with Crippen molar-refractivity contribution in [2.45, 2.75) is 44.3 Å². The zero-order valence-corrected chi connectivity index (χ0v) is 15.8. The van der Waals surface area contributed by atoms with E-state index in [1.807, 2.05) is 30.4 Å². The number of carboxylic acid groups (broad SMARTS) is 1. The van der Waals surface area contributed by atoms with Crippen LogP contribution in [0.5, 0.6) is 5.75 Å². The van der Waals surface area contributed by atoms with Crippen LogP contribution in [0.4, 0.5) is 0 Å². The molecule has 4 atom stereocenters. The molecule has 0 saturated heterocycles. The molecule has 6 nitrogen and oxygen atoms in total. The Morgan fingerprint density at radius 3 is 2.71 bits per heavy atom. The average Bonchev–Trinajstić information content (AvgIpc) is 2.94. The molecule has 152 valence electrons. The molecule has 0 amide bonds. The van der Waals surface area contributed by atoms with Gasteiger partial charge in [-0.15, -0.1) is 0 Å². The third-order valence-electron chi connectivity index (χ3n) is 4.78. The number of ether oxygens (including phenoxy) is 1. The first kappa shape index (κ1) is 21.9. The van der Waals surface area contributed by atoms with Gasteiger partial charge in [0.1, 0.15) is 24.2 Å². The summed E-state index contributed by atoms with van der Waals surface area (Å²) in [5.41, 5.74) is 0. The Balaban J connectivity index is 1.82. The Hall–Kier alpha value is -2.44. The summed E-state index contributed by atoms with van der Waals surface area (Å²) in [6.45, 7) is 0.0815. The van der Waals surface area contributed by atoms with Crippen LogP contribution < -0.4 is 4.74 Å². The summed E-state index contributed by atoms with van der Waals surface area (Å²) < 4.78 is 5.49. The van der Waals surface area contributed by atoms with Gasteiger partial charge in [-0.05, 0) is 31.4 Å². The lowest BCUT2D eigenvalue weighted by molar-refractivity contribution is -0.137. The van der Waals surface area contributed by atoms with E-state index in [9.17, 15) is 19.8 Å². The number of para-hydroxylation sites is 1. The number of Topliss-reactive ketones (excluding diaryl/α,β-unsaturated/α-hetero) is 1. The molecule has 0 aromatic heterocycles. The fraction of sp³-hybridized carbons (Fsp3) is 0.455. The molecule has 0 unspecified atom stereocenters. The van der Waals surface area contributed by atoms with Crippen molar-refractivity contribution < 1.29 is 29.6 Å². The molecule has 0 aliphatic heterocycles. The number of aliphatic hydroxyl groups is 2. The van der Waals surface area contributed by atoms with Gasteiger partial charge in [0, 0.05) is 24.7 Å². The number of carboxylic acids is 1. The van der Waals surface area contributed by atoms with Crippen molar-refractivity contribution >= 4 is 11.8 Å². The highest BCUT2D eigenvalue weighted by Gasteiger charge is 2.39. The maximum atomic E-state index is 12.2. The number of allylic oxidation sites excluding steroid dienone is 3. The SMILES string of the molecule is O=C(O)CCC/C=C\C[C@H]1[C@H](O)CC(=O)[C@@H]1/C=C/[C@H](O)COc1ccccc1. The monoisotopic (exact) mass is 388 g/mol. The molecule has 1 saturated carbocycles. The van der Waals surface area contributed by atoms with E-state index in [2.05, 4.69) is 0 Å². The first-order valence-corrected chi connectivity index (χ1v) is 9.59. The largest absolute Gasteiger partial charge is 0.491 e. The van der Waals surface area contributed by atoms with Crippen molar-refractivity contribution in [1.29, 1.82) is 0 Å². The zero-order valence-electron chi connectivity index (χ0n) is 15.8. The van der Waals surface area contributed by atoms with Crippen molar-refractivity contribution in [2.75, 3.05) is 6.61 Å². The molecule has 1 aromatic carbocycles. The Morgan fingerprint density at radius 1 is 1.25 bits per heavy atom. The van der Waals surface area contributed by atoms with E-state index >= 15 is 0 Å².